The number of hydrogen-bond donors (Lipinski definition) is 2. The molecule has 0 aliphatic rings. The highest BCUT2D eigenvalue weighted by Gasteiger charge is 2.23. The minimum Gasteiger partial charge on any atom is -0.494 e. The van der Waals surface area contributed by atoms with Crippen molar-refractivity contribution in [2.45, 2.75) is 0 Å². The number of methoxy groups -OCH3 is 4. The van der Waals surface area contributed by atoms with E-state index in [-0.39, 0.29) is 28.2 Å². The van der Waals surface area contributed by atoms with Gasteiger partial charge in [-0.3, -0.25) is 14.6 Å². The molecule has 2 aromatic carbocycles. The molecule has 0 aliphatic heterocycles. The molecule has 0 spiro atoms. The fraction of sp³-hybridized carbons (Fsp3) is 0.263. The van der Waals surface area contributed by atoms with E-state index in [9.17, 15) is 13.2 Å². The molecule has 0 aliphatic carbocycles. The van der Waals surface area contributed by atoms with Crippen molar-refractivity contribution in [2.24, 2.45) is 0 Å². The minimum atomic E-state index is -3.61. The molecule has 30 heavy (non-hydrogen) atoms. The van der Waals surface area contributed by atoms with Crippen molar-refractivity contribution < 1.29 is 32.2 Å². The molecular formula is C19H21N3O7S. The van der Waals surface area contributed by atoms with E-state index in [1.807, 2.05) is 0 Å². The fourth-order valence-electron chi connectivity index (χ4n) is 3.05. The van der Waals surface area contributed by atoms with Gasteiger partial charge in [-0.2, -0.15) is 5.10 Å². The summed E-state index contributed by atoms with van der Waals surface area (Å²) < 4.78 is 47.0. The third kappa shape index (κ3) is 3.83. The van der Waals surface area contributed by atoms with Gasteiger partial charge in [-0.1, -0.05) is 0 Å². The molecule has 160 valence electrons. The summed E-state index contributed by atoms with van der Waals surface area (Å²) in [4.78, 5) is 13.2. The van der Waals surface area contributed by atoms with Crippen LogP contribution < -0.4 is 23.7 Å². The van der Waals surface area contributed by atoms with Crippen LogP contribution in [0.1, 0.15) is 16.1 Å². The van der Waals surface area contributed by atoms with E-state index in [4.69, 9.17) is 18.9 Å². The van der Waals surface area contributed by atoms with E-state index in [0.717, 1.165) is 6.26 Å². The zero-order valence-electron chi connectivity index (χ0n) is 17.0. The normalized spacial score (nSPS) is 11.2. The fourth-order valence-corrected chi connectivity index (χ4v) is 3.61. The number of aromatic amines is 1. The predicted molar refractivity (Wildman–Crippen MR) is 111 cm³/mol. The molecule has 10 nitrogen and oxygen atoms in total. The summed E-state index contributed by atoms with van der Waals surface area (Å²) >= 11 is 0. The average molecular weight is 435 g/mol. The first-order valence-corrected chi connectivity index (χ1v) is 10.5. The van der Waals surface area contributed by atoms with Crippen LogP contribution >= 0.6 is 0 Å². The number of ketones is 1. The molecule has 1 heterocycles. The molecular weight excluding hydrogens is 414 g/mol. The van der Waals surface area contributed by atoms with E-state index < -0.39 is 15.8 Å². The Balaban J connectivity index is 2.16. The molecule has 0 amide bonds. The van der Waals surface area contributed by atoms with Crippen molar-refractivity contribution in [3.63, 3.8) is 0 Å². The Labute approximate surface area is 173 Å². The topological polar surface area (TPSA) is 129 Å². The van der Waals surface area contributed by atoms with Crippen molar-refractivity contribution in [3.8, 4) is 23.0 Å². The maximum Gasteiger partial charge on any atom is 0.230 e. The molecule has 0 bridgehead atoms. The Morgan fingerprint density at radius 1 is 0.967 bits per heavy atom. The minimum absolute atomic E-state index is 0.137. The van der Waals surface area contributed by atoms with Crippen LogP contribution in [-0.2, 0) is 10.0 Å². The summed E-state index contributed by atoms with van der Waals surface area (Å²) in [5.74, 6) is 0.879. The number of fused-ring (bicyclic) bond motifs is 1. The first-order valence-electron chi connectivity index (χ1n) is 8.61. The standard InChI is InChI=1S/C19H21N3O7S/c1-26-12-7-6-11-15(17(12)22-30(5,24)25)20-21-16(11)18(23)10-8-13(27-2)19(29-4)14(9-10)28-3/h6-9,22H,1-5H3,(H,20,21). The summed E-state index contributed by atoms with van der Waals surface area (Å²) in [6, 6.07) is 6.22. The Bertz CT molecular complexity index is 1190. The van der Waals surface area contributed by atoms with E-state index in [0.29, 0.717) is 22.6 Å². The van der Waals surface area contributed by atoms with Crippen LogP contribution in [0.5, 0.6) is 23.0 Å². The first kappa shape index (κ1) is 21.2. The zero-order valence-corrected chi connectivity index (χ0v) is 17.8. The van der Waals surface area contributed by atoms with Crippen LogP contribution in [-0.4, -0.2) is 59.1 Å². The largest absolute Gasteiger partial charge is 0.494 e. The van der Waals surface area contributed by atoms with Gasteiger partial charge in [0.1, 0.15) is 22.6 Å². The van der Waals surface area contributed by atoms with Gasteiger partial charge in [0.25, 0.3) is 0 Å². The Hall–Kier alpha value is -3.47. The monoisotopic (exact) mass is 435 g/mol. The van der Waals surface area contributed by atoms with Crippen molar-refractivity contribution in [2.75, 3.05) is 39.4 Å². The number of nitrogens with zero attached hydrogens (tertiary/aromatic N) is 1. The lowest BCUT2D eigenvalue weighted by Gasteiger charge is -2.13. The molecule has 3 rings (SSSR count). The number of aromatic nitrogens is 2. The molecule has 0 unspecified atom stereocenters. The third-order valence-corrected chi connectivity index (χ3v) is 4.92. The summed E-state index contributed by atoms with van der Waals surface area (Å²) in [5.41, 5.74) is 0.815. The number of rotatable bonds is 8. The molecule has 0 radical (unpaired) electrons. The van der Waals surface area contributed by atoms with Crippen LogP contribution in [0.15, 0.2) is 24.3 Å². The third-order valence-electron chi connectivity index (χ3n) is 4.35. The smallest absolute Gasteiger partial charge is 0.230 e. The molecule has 0 fully saturated rings. The van der Waals surface area contributed by atoms with Gasteiger partial charge in [0, 0.05) is 10.9 Å². The van der Waals surface area contributed by atoms with Crippen LogP contribution in [0.25, 0.3) is 10.9 Å². The lowest BCUT2D eigenvalue weighted by molar-refractivity contribution is 0.103. The SMILES string of the molecule is COc1cc(C(=O)c2[nH]nc3c(NS(C)(=O)=O)c(OC)ccc23)cc(OC)c1OC. The number of H-pyrrole nitrogens is 1. The lowest BCUT2D eigenvalue weighted by atomic mass is 10.0. The molecule has 0 atom stereocenters. The molecule has 1 aromatic heterocycles. The number of nitrogens with one attached hydrogen (secondary N) is 2. The second-order valence-corrected chi connectivity index (χ2v) is 8.00. The van der Waals surface area contributed by atoms with Gasteiger partial charge in [0.05, 0.1) is 34.7 Å². The summed E-state index contributed by atoms with van der Waals surface area (Å²) in [7, 11) is 2.17. The van der Waals surface area contributed by atoms with Crippen LogP contribution in [0.4, 0.5) is 5.69 Å². The highest BCUT2D eigenvalue weighted by molar-refractivity contribution is 7.92. The number of carbonyl (C=O) groups is 1. The van der Waals surface area contributed by atoms with E-state index >= 15 is 0 Å². The number of ether oxygens (including phenoxy) is 4. The Morgan fingerprint density at radius 2 is 1.57 bits per heavy atom. The highest BCUT2D eigenvalue weighted by Crippen LogP contribution is 2.39. The second kappa shape index (κ2) is 8.11. The van der Waals surface area contributed by atoms with Crippen molar-refractivity contribution >= 4 is 32.4 Å². The number of hydrogen-bond acceptors (Lipinski definition) is 8. The highest BCUT2D eigenvalue weighted by atomic mass is 32.2. The van der Waals surface area contributed by atoms with Gasteiger partial charge in [-0.25, -0.2) is 8.42 Å². The van der Waals surface area contributed by atoms with Crippen LogP contribution in [0, 0.1) is 0 Å². The lowest BCUT2D eigenvalue weighted by Crippen LogP contribution is -2.11. The maximum absolute atomic E-state index is 13.2. The van der Waals surface area contributed by atoms with Crippen molar-refractivity contribution in [1.82, 2.24) is 10.2 Å². The van der Waals surface area contributed by atoms with Gasteiger partial charge in [-0.05, 0) is 24.3 Å². The molecule has 0 saturated heterocycles. The number of carbonyl (C=O) groups excluding carboxylic acids is 1. The van der Waals surface area contributed by atoms with Crippen molar-refractivity contribution in [1.29, 1.82) is 0 Å². The van der Waals surface area contributed by atoms with Gasteiger partial charge in [0.2, 0.25) is 21.6 Å². The summed E-state index contributed by atoms with van der Waals surface area (Å²) in [6.45, 7) is 0. The van der Waals surface area contributed by atoms with Gasteiger partial charge >= 0.3 is 0 Å². The maximum atomic E-state index is 13.2. The second-order valence-electron chi connectivity index (χ2n) is 6.25. The number of benzene rings is 2. The summed E-state index contributed by atoms with van der Waals surface area (Å²) in [5, 5.41) is 7.24. The Morgan fingerprint density at radius 3 is 2.07 bits per heavy atom. The van der Waals surface area contributed by atoms with Gasteiger partial charge in [-0.15, -0.1) is 0 Å². The molecule has 2 N–H and O–H groups in total. The predicted octanol–water partition coefficient (Wildman–Crippen LogP) is 2.20. The first-order chi connectivity index (χ1) is 14.2. The van der Waals surface area contributed by atoms with Gasteiger partial charge < -0.3 is 18.9 Å². The van der Waals surface area contributed by atoms with Crippen molar-refractivity contribution in [3.05, 3.63) is 35.5 Å². The summed E-state index contributed by atoms with van der Waals surface area (Å²) in [6.07, 6.45) is 1.01. The zero-order chi connectivity index (χ0) is 22.1. The Kier molecular flexibility index (Phi) is 5.74. The van der Waals surface area contributed by atoms with Crippen LogP contribution in [0.3, 0.4) is 0 Å². The molecule has 0 saturated carbocycles. The molecule has 11 heteroatoms. The van der Waals surface area contributed by atoms with E-state index in [1.165, 1.54) is 40.6 Å². The number of anilines is 1. The van der Waals surface area contributed by atoms with Gasteiger partial charge in [0.15, 0.2) is 11.5 Å². The number of sulfonamides is 1. The van der Waals surface area contributed by atoms with E-state index in [1.54, 1.807) is 12.1 Å². The van der Waals surface area contributed by atoms with E-state index in [2.05, 4.69) is 14.9 Å². The quantitative estimate of drug-likeness (QED) is 0.515. The molecule has 3 aromatic rings. The van der Waals surface area contributed by atoms with Crippen LogP contribution in [0.2, 0.25) is 0 Å². The average Bonchev–Trinajstić information content (AvgIpc) is 3.15.